The topological polar surface area (TPSA) is 29.1 Å². The Morgan fingerprint density at radius 2 is 1.44 bits per heavy atom. The molecule has 1 N–H and O–H groups in total. The lowest BCUT2D eigenvalue weighted by atomic mass is 9.91. The van der Waals surface area contributed by atoms with E-state index in [0.717, 1.165) is 11.3 Å². The molecule has 0 saturated heterocycles. The van der Waals surface area contributed by atoms with E-state index >= 15 is 0 Å². The molecule has 132 valence electrons. The van der Waals surface area contributed by atoms with Crippen molar-refractivity contribution in [2.75, 3.05) is 5.32 Å². The average Bonchev–Trinajstić information content (AvgIpc) is 2.54. The van der Waals surface area contributed by atoms with Gasteiger partial charge in [0.05, 0.1) is 0 Å². The van der Waals surface area contributed by atoms with Crippen LogP contribution in [0.2, 0.25) is 0 Å². The Bertz CT molecular complexity index is 744. The second kappa shape index (κ2) is 7.69. The van der Waals surface area contributed by atoms with E-state index in [1.54, 1.807) is 0 Å². The summed E-state index contributed by atoms with van der Waals surface area (Å²) < 4.78 is 0. The molecular formula is C23H29NO. The summed E-state index contributed by atoms with van der Waals surface area (Å²) >= 11 is 0. The summed E-state index contributed by atoms with van der Waals surface area (Å²) in [6.07, 6.45) is 2.25. The summed E-state index contributed by atoms with van der Waals surface area (Å²) in [6.45, 7) is 13.0. The van der Waals surface area contributed by atoms with Crippen LogP contribution in [-0.4, -0.2) is 5.91 Å². The zero-order valence-corrected chi connectivity index (χ0v) is 16.2. The molecule has 0 bridgehead atoms. The maximum Gasteiger partial charge on any atom is 0.255 e. The summed E-state index contributed by atoms with van der Waals surface area (Å²) in [4.78, 5) is 12.4. The Morgan fingerprint density at radius 3 is 1.92 bits per heavy atom. The number of benzene rings is 2. The summed E-state index contributed by atoms with van der Waals surface area (Å²) in [7, 11) is 0. The van der Waals surface area contributed by atoms with Gasteiger partial charge in [0, 0.05) is 11.3 Å². The number of hydrogen-bond donors (Lipinski definition) is 1. The molecule has 25 heavy (non-hydrogen) atoms. The smallest absolute Gasteiger partial charge is 0.255 e. The molecule has 2 aromatic carbocycles. The molecule has 2 aromatic rings. The van der Waals surface area contributed by atoms with Crippen molar-refractivity contribution in [3.63, 3.8) is 0 Å². The first-order chi connectivity index (χ1) is 11.7. The van der Waals surface area contributed by atoms with Crippen LogP contribution in [0.4, 0.5) is 5.69 Å². The Morgan fingerprint density at radius 1 is 0.920 bits per heavy atom. The van der Waals surface area contributed by atoms with E-state index in [1.807, 2.05) is 36.4 Å². The van der Waals surface area contributed by atoms with Gasteiger partial charge in [-0.15, -0.1) is 0 Å². The molecule has 2 heteroatoms. The third-order valence-corrected chi connectivity index (χ3v) is 4.09. The maximum atomic E-state index is 12.4. The van der Waals surface area contributed by atoms with E-state index in [0.29, 0.717) is 11.5 Å². The molecule has 0 fully saturated rings. The van der Waals surface area contributed by atoms with Crippen molar-refractivity contribution in [2.24, 2.45) is 5.41 Å². The van der Waals surface area contributed by atoms with Gasteiger partial charge in [0.2, 0.25) is 0 Å². The fraction of sp³-hybridized carbons (Fsp3) is 0.348. The van der Waals surface area contributed by atoms with Crippen LogP contribution < -0.4 is 5.32 Å². The van der Waals surface area contributed by atoms with E-state index in [1.165, 1.54) is 11.1 Å². The highest BCUT2D eigenvalue weighted by atomic mass is 16.1. The first-order valence-electron chi connectivity index (χ1n) is 8.87. The van der Waals surface area contributed by atoms with Crippen molar-refractivity contribution in [1.29, 1.82) is 0 Å². The second-order valence-electron chi connectivity index (χ2n) is 8.00. The molecular weight excluding hydrogens is 306 g/mol. The average molecular weight is 335 g/mol. The molecule has 0 aliphatic heterocycles. The van der Waals surface area contributed by atoms with Gasteiger partial charge in [-0.2, -0.15) is 0 Å². The van der Waals surface area contributed by atoms with Gasteiger partial charge in [-0.3, -0.25) is 4.79 Å². The lowest BCUT2D eigenvalue weighted by molar-refractivity contribution is 0.102. The molecule has 0 spiro atoms. The fourth-order valence-corrected chi connectivity index (χ4v) is 2.77. The number of anilines is 1. The minimum atomic E-state index is -0.0821. The first kappa shape index (κ1) is 19.0. The molecule has 2 nitrogen and oxygen atoms in total. The third-order valence-electron chi connectivity index (χ3n) is 4.09. The fourth-order valence-electron chi connectivity index (χ4n) is 2.77. The van der Waals surface area contributed by atoms with Gasteiger partial charge in [0.25, 0.3) is 5.91 Å². The Labute approximate surface area is 152 Å². The molecule has 0 heterocycles. The lowest BCUT2D eigenvalue weighted by Crippen LogP contribution is -2.11. The number of carbonyl (C=O) groups is 1. The highest BCUT2D eigenvalue weighted by Gasteiger charge is 2.09. The minimum Gasteiger partial charge on any atom is -0.322 e. The van der Waals surface area contributed by atoms with Crippen molar-refractivity contribution in [3.8, 4) is 0 Å². The van der Waals surface area contributed by atoms with Gasteiger partial charge in [0.1, 0.15) is 0 Å². The maximum absolute atomic E-state index is 12.4. The number of amides is 1. The van der Waals surface area contributed by atoms with E-state index in [4.69, 9.17) is 0 Å². The van der Waals surface area contributed by atoms with Gasteiger partial charge in [-0.25, -0.2) is 0 Å². The molecule has 0 saturated carbocycles. The van der Waals surface area contributed by atoms with Gasteiger partial charge < -0.3 is 5.32 Å². The number of hydrogen-bond acceptors (Lipinski definition) is 1. The third kappa shape index (κ3) is 5.60. The predicted molar refractivity (Wildman–Crippen MR) is 108 cm³/mol. The summed E-state index contributed by atoms with van der Waals surface area (Å²) in [5.74, 6) is 0.406. The normalized spacial score (nSPS) is 12.4. The molecule has 0 atom stereocenters. The van der Waals surface area contributed by atoms with Crippen molar-refractivity contribution in [3.05, 3.63) is 71.3 Å². The van der Waals surface area contributed by atoms with Gasteiger partial charge >= 0.3 is 0 Å². The summed E-state index contributed by atoms with van der Waals surface area (Å²) in [6, 6.07) is 15.8. The van der Waals surface area contributed by atoms with Crippen molar-refractivity contribution < 1.29 is 4.79 Å². The zero-order valence-electron chi connectivity index (χ0n) is 16.2. The van der Waals surface area contributed by atoms with Crippen molar-refractivity contribution in [2.45, 2.75) is 47.5 Å². The first-order valence-corrected chi connectivity index (χ1v) is 8.87. The van der Waals surface area contributed by atoms with Crippen LogP contribution in [0.3, 0.4) is 0 Å². The number of rotatable bonds is 4. The van der Waals surface area contributed by atoms with Crippen LogP contribution in [0.5, 0.6) is 0 Å². The highest BCUT2D eigenvalue weighted by Crippen LogP contribution is 2.24. The van der Waals surface area contributed by atoms with Crippen molar-refractivity contribution >= 4 is 17.2 Å². The minimum absolute atomic E-state index is 0.0821. The van der Waals surface area contributed by atoms with Crippen LogP contribution in [0, 0.1) is 5.41 Å². The Kier molecular flexibility index (Phi) is 5.84. The molecule has 0 aliphatic carbocycles. The van der Waals surface area contributed by atoms with E-state index in [2.05, 4.69) is 65.1 Å². The van der Waals surface area contributed by atoms with Crippen LogP contribution in [0.1, 0.15) is 68.9 Å². The standard InChI is InChI=1S/C23H29NO/c1-16(2)18-11-13-21(14-12-18)24-22(25)20-9-7-19(8-10-20)17(3)15-23(4,5)6/h7-16H,1-6H3,(H,24,25). The Hall–Kier alpha value is -2.35. The number of carbonyl (C=O) groups excluding carboxylic acids is 1. The summed E-state index contributed by atoms with van der Waals surface area (Å²) in [5, 5.41) is 2.96. The molecule has 0 unspecified atom stereocenters. The second-order valence-corrected chi connectivity index (χ2v) is 8.00. The highest BCUT2D eigenvalue weighted by molar-refractivity contribution is 6.04. The zero-order chi connectivity index (χ0) is 18.6. The molecule has 0 aromatic heterocycles. The quantitative estimate of drug-likeness (QED) is 0.678. The predicted octanol–water partition coefficient (Wildman–Crippen LogP) is 6.51. The van der Waals surface area contributed by atoms with E-state index < -0.39 is 0 Å². The molecule has 2 rings (SSSR count). The molecule has 1 amide bonds. The van der Waals surface area contributed by atoms with E-state index in [-0.39, 0.29) is 11.3 Å². The lowest BCUT2D eigenvalue weighted by Gasteiger charge is -2.14. The number of nitrogens with one attached hydrogen (secondary N) is 1. The molecule has 0 radical (unpaired) electrons. The Balaban J connectivity index is 2.09. The van der Waals surface area contributed by atoms with E-state index in [9.17, 15) is 4.79 Å². The SMILES string of the molecule is CC(=CC(C)(C)C)c1ccc(C(=O)Nc2ccc(C(C)C)cc2)cc1. The van der Waals surface area contributed by atoms with Crippen molar-refractivity contribution in [1.82, 2.24) is 0 Å². The van der Waals surface area contributed by atoms with Crippen LogP contribution in [0.25, 0.3) is 5.57 Å². The van der Waals surface area contributed by atoms with Crippen LogP contribution >= 0.6 is 0 Å². The summed E-state index contributed by atoms with van der Waals surface area (Å²) in [5.41, 5.74) is 5.27. The molecule has 0 aliphatic rings. The monoisotopic (exact) mass is 335 g/mol. The van der Waals surface area contributed by atoms with Crippen LogP contribution in [-0.2, 0) is 0 Å². The van der Waals surface area contributed by atoms with Gasteiger partial charge in [0.15, 0.2) is 0 Å². The van der Waals surface area contributed by atoms with Gasteiger partial charge in [-0.1, -0.05) is 65.0 Å². The largest absolute Gasteiger partial charge is 0.322 e. The number of allylic oxidation sites excluding steroid dienone is 2. The van der Waals surface area contributed by atoms with Gasteiger partial charge in [-0.05, 0) is 59.2 Å². The van der Waals surface area contributed by atoms with Crippen LogP contribution in [0.15, 0.2) is 54.6 Å².